The van der Waals surface area contributed by atoms with Crippen molar-refractivity contribution in [2.45, 2.75) is 25.8 Å². The number of anilines is 2. The summed E-state index contributed by atoms with van der Waals surface area (Å²) in [5.74, 6) is 1.59. The van der Waals surface area contributed by atoms with Crippen LogP contribution in [0, 0.1) is 0 Å². The Bertz CT molecular complexity index is 777. The SMILES string of the molecule is CN(C)c1nc(CNC(=O)c2cncc(Br)c2)nc(N2CCCCC2)n1. The van der Waals surface area contributed by atoms with E-state index in [4.69, 9.17) is 0 Å². The molecular weight excluding hydrogens is 398 g/mol. The molecule has 0 bridgehead atoms. The van der Waals surface area contributed by atoms with Gasteiger partial charge in [0.15, 0.2) is 5.82 Å². The van der Waals surface area contributed by atoms with E-state index in [-0.39, 0.29) is 12.5 Å². The Morgan fingerprint density at radius 3 is 2.65 bits per heavy atom. The van der Waals surface area contributed by atoms with Crippen LogP contribution >= 0.6 is 15.9 Å². The van der Waals surface area contributed by atoms with Crippen LogP contribution in [0.5, 0.6) is 0 Å². The molecule has 0 aliphatic carbocycles. The monoisotopic (exact) mass is 419 g/mol. The summed E-state index contributed by atoms with van der Waals surface area (Å²) >= 11 is 3.32. The van der Waals surface area contributed by atoms with Crippen LogP contribution in [0.25, 0.3) is 0 Å². The van der Waals surface area contributed by atoms with Crippen LogP contribution in [0.3, 0.4) is 0 Å². The van der Waals surface area contributed by atoms with Crippen LogP contribution in [-0.4, -0.2) is 53.0 Å². The zero-order valence-electron chi connectivity index (χ0n) is 14.9. The molecule has 0 aromatic carbocycles. The highest BCUT2D eigenvalue weighted by Gasteiger charge is 2.17. The lowest BCUT2D eigenvalue weighted by Gasteiger charge is -2.27. The summed E-state index contributed by atoms with van der Waals surface area (Å²) in [6.45, 7) is 2.13. The Kier molecular flexibility index (Phi) is 5.97. The minimum atomic E-state index is -0.217. The summed E-state index contributed by atoms with van der Waals surface area (Å²) in [5, 5.41) is 2.85. The maximum absolute atomic E-state index is 12.3. The molecule has 2 aromatic heterocycles. The van der Waals surface area contributed by atoms with Crippen molar-refractivity contribution in [2.24, 2.45) is 0 Å². The Morgan fingerprint density at radius 2 is 1.96 bits per heavy atom. The highest BCUT2D eigenvalue weighted by Crippen LogP contribution is 2.18. The van der Waals surface area contributed by atoms with Crippen molar-refractivity contribution in [3.8, 4) is 0 Å². The lowest BCUT2D eigenvalue weighted by Crippen LogP contribution is -2.33. The number of nitrogens with one attached hydrogen (secondary N) is 1. The lowest BCUT2D eigenvalue weighted by molar-refractivity contribution is 0.0949. The molecule has 1 aliphatic rings. The first-order chi connectivity index (χ1) is 12.5. The predicted octanol–water partition coefficient (Wildman–Crippen LogP) is 2.02. The molecule has 9 heteroatoms. The number of carbonyl (C=O) groups excluding carboxylic acids is 1. The van der Waals surface area contributed by atoms with Gasteiger partial charge in [0.25, 0.3) is 5.91 Å². The van der Waals surface area contributed by atoms with Gasteiger partial charge in [-0.15, -0.1) is 0 Å². The van der Waals surface area contributed by atoms with Gasteiger partial charge in [-0.3, -0.25) is 9.78 Å². The minimum absolute atomic E-state index is 0.217. The zero-order valence-corrected chi connectivity index (χ0v) is 16.5. The van der Waals surface area contributed by atoms with E-state index in [9.17, 15) is 4.79 Å². The van der Waals surface area contributed by atoms with E-state index in [2.05, 4.69) is 46.1 Å². The van der Waals surface area contributed by atoms with Gasteiger partial charge in [0, 0.05) is 44.1 Å². The molecule has 2 aromatic rings. The fourth-order valence-corrected chi connectivity index (χ4v) is 3.07. The molecule has 0 saturated carbocycles. The molecule has 1 fully saturated rings. The fourth-order valence-electron chi connectivity index (χ4n) is 2.71. The Morgan fingerprint density at radius 1 is 1.19 bits per heavy atom. The number of amides is 1. The third kappa shape index (κ3) is 4.66. The molecule has 1 amide bonds. The maximum atomic E-state index is 12.3. The van der Waals surface area contributed by atoms with E-state index in [0.717, 1.165) is 30.4 Å². The normalized spacial score (nSPS) is 14.2. The van der Waals surface area contributed by atoms with Gasteiger partial charge in [0.2, 0.25) is 11.9 Å². The summed E-state index contributed by atoms with van der Waals surface area (Å²) < 4.78 is 0.757. The highest BCUT2D eigenvalue weighted by atomic mass is 79.9. The van der Waals surface area contributed by atoms with Gasteiger partial charge in [-0.05, 0) is 41.3 Å². The molecule has 0 atom stereocenters. The van der Waals surface area contributed by atoms with Gasteiger partial charge in [0.05, 0.1) is 12.1 Å². The van der Waals surface area contributed by atoms with E-state index < -0.39 is 0 Å². The average molecular weight is 420 g/mol. The number of rotatable bonds is 5. The second-order valence-corrected chi connectivity index (χ2v) is 7.28. The molecule has 3 heterocycles. The highest BCUT2D eigenvalue weighted by molar-refractivity contribution is 9.10. The standard InChI is InChI=1S/C17H22BrN7O/c1-24(2)16-21-14(22-17(23-16)25-6-4-3-5-7-25)11-20-15(26)12-8-13(18)10-19-9-12/h8-10H,3-7,11H2,1-2H3,(H,20,26). The number of nitrogens with zero attached hydrogens (tertiary/aromatic N) is 6. The van der Waals surface area contributed by atoms with Crippen LogP contribution in [-0.2, 0) is 6.54 Å². The second kappa shape index (κ2) is 8.39. The van der Waals surface area contributed by atoms with Gasteiger partial charge in [-0.25, -0.2) is 0 Å². The van der Waals surface area contributed by atoms with Gasteiger partial charge in [-0.2, -0.15) is 15.0 Å². The Hall–Kier alpha value is -2.29. The molecular formula is C17H22BrN7O. The second-order valence-electron chi connectivity index (χ2n) is 6.37. The van der Waals surface area contributed by atoms with Crippen molar-refractivity contribution in [1.29, 1.82) is 0 Å². The Balaban J connectivity index is 1.75. The number of piperidine rings is 1. The van der Waals surface area contributed by atoms with E-state index in [0.29, 0.717) is 23.3 Å². The topological polar surface area (TPSA) is 87.1 Å². The molecule has 0 spiro atoms. The molecule has 8 nitrogen and oxygen atoms in total. The van der Waals surface area contributed by atoms with Crippen molar-refractivity contribution in [1.82, 2.24) is 25.3 Å². The van der Waals surface area contributed by atoms with E-state index in [1.165, 1.54) is 12.6 Å². The summed E-state index contributed by atoms with van der Waals surface area (Å²) in [6.07, 6.45) is 6.69. The van der Waals surface area contributed by atoms with E-state index in [1.54, 1.807) is 12.3 Å². The van der Waals surface area contributed by atoms with E-state index in [1.807, 2.05) is 19.0 Å². The van der Waals surface area contributed by atoms with Gasteiger partial charge in [0.1, 0.15) is 0 Å². The summed E-state index contributed by atoms with van der Waals surface area (Å²) in [7, 11) is 3.79. The first kappa shape index (κ1) is 18.5. The van der Waals surface area contributed by atoms with Crippen LogP contribution < -0.4 is 15.1 Å². The van der Waals surface area contributed by atoms with Crippen molar-refractivity contribution in [3.63, 3.8) is 0 Å². The molecule has 3 rings (SSSR count). The van der Waals surface area contributed by atoms with Crippen LogP contribution in [0.2, 0.25) is 0 Å². The molecule has 1 saturated heterocycles. The van der Waals surface area contributed by atoms with Crippen molar-refractivity contribution in [3.05, 3.63) is 34.3 Å². The smallest absolute Gasteiger partial charge is 0.253 e. The molecule has 0 radical (unpaired) electrons. The maximum Gasteiger partial charge on any atom is 0.253 e. The third-order valence-corrected chi connectivity index (χ3v) is 4.50. The average Bonchev–Trinajstić information content (AvgIpc) is 2.66. The third-order valence-electron chi connectivity index (χ3n) is 4.07. The Labute approximate surface area is 161 Å². The molecule has 138 valence electrons. The van der Waals surface area contributed by atoms with Gasteiger partial charge >= 0.3 is 0 Å². The summed E-state index contributed by atoms with van der Waals surface area (Å²) in [4.78, 5) is 33.9. The van der Waals surface area contributed by atoms with Crippen LogP contribution in [0.4, 0.5) is 11.9 Å². The van der Waals surface area contributed by atoms with Crippen molar-refractivity contribution >= 4 is 33.7 Å². The van der Waals surface area contributed by atoms with Crippen molar-refractivity contribution < 1.29 is 4.79 Å². The molecule has 0 unspecified atom stereocenters. The number of carbonyl (C=O) groups is 1. The number of hydrogen-bond acceptors (Lipinski definition) is 7. The van der Waals surface area contributed by atoms with Crippen molar-refractivity contribution in [2.75, 3.05) is 37.0 Å². The largest absolute Gasteiger partial charge is 0.347 e. The summed E-state index contributed by atoms with van der Waals surface area (Å²) in [6, 6.07) is 1.72. The van der Waals surface area contributed by atoms with Crippen LogP contribution in [0.15, 0.2) is 22.9 Å². The number of aromatic nitrogens is 4. The zero-order chi connectivity index (χ0) is 18.5. The summed E-state index contributed by atoms with van der Waals surface area (Å²) in [5.41, 5.74) is 0.484. The van der Waals surface area contributed by atoms with Gasteiger partial charge in [-0.1, -0.05) is 0 Å². The quantitative estimate of drug-likeness (QED) is 0.792. The first-order valence-corrected chi connectivity index (χ1v) is 9.38. The first-order valence-electron chi connectivity index (χ1n) is 8.59. The molecule has 1 aliphatic heterocycles. The number of halogens is 1. The van der Waals surface area contributed by atoms with E-state index >= 15 is 0 Å². The molecule has 1 N–H and O–H groups in total. The lowest BCUT2D eigenvalue weighted by atomic mass is 10.1. The number of hydrogen-bond donors (Lipinski definition) is 1. The van der Waals surface area contributed by atoms with Crippen LogP contribution in [0.1, 0.15) is 35.4 Å². The number of pyridine rings is 1. The minimum Gasteiger partial charge on any atom is -0.347 e. The fraction of sp³-hybridized carbons (Fsp3) is 0.471. The predicted molar refractivity (Wildman–Crippen MR) is 103 cm³/mol. The van der Waals surface area contributed by atoms with Gasteiger partial charge < -0.3 is 15.1 Å². The molecule has 26 heavy (non-hydrogen) atoms.